The summed E-state index contributed by atoms with van der Waals surface area (Å²) in [6.45, 7) is 4.26. The summed E-state index contributed by atoms with van der Waals surface area (Å²) < 4.78 is 33.2. The van der Waals surface area contributed by atoms with Gasteiger partial charge >= 0.3 is 0 Å². The molecule has 24 heavy (non-hydrogen) atoms. The summed E-state index contributed by atoms with van der Waals surface area (Å²) >= 11 is 0. The van der Waals surface area contributed by atoms with Gasteiger partial charge in [0.1, 0.15) is 11.5 Å². The molecule has 0 aromatic heterocycles. The second kappa shape index (κ2) is 5.85. The Morgan fingerprint density at radius 1 is 1.29 bits per heavy atom. The molecule has 2 saturated carbocycles. The number of para-hydroxylation sites is 1. The first kappa shape index (κ1) is 17.4. The molecule has 2 atom stereocenters. The summed E-state index contributed by atoms with van der Waals surface area (Å²) in [6.07, 6.45) is 2.15. The van der Waals surface area contributed by atoms with E-state index in [2.05, 4.69) is 4.72 Å². The number of hydrogen-bond donors (Lipinski definition) is 1. The molecule has 1 aromatic carbocycles. The van der Waals surface area contributed by atoms with Crippen molar-refractivity contribution in [3.8, 4) is 5.75 Å². The van der Waals surface area contributed by atoms with Crippen LogP contribution in [0.5, 0.6) is 5.75 Å². The molecule has 0 spiro atoms. The Hall–Kier alpha value is -1.40. The third-order valence-electron chi connectivity index (χ3n) is 6.25. The number of Topliss-reactive ketones (excluding diaryl/α,β-unsaturated/α-hetero) is 1. The fourth-order valence-electron chi connectivity index (χ4n) is 4.52. The number of methoxy groups -OCH3 is 1. The minimum Gasteiger partial charge on any atom is -0.496 e. The maximum absolute atomic E-state index is 12.7. The van der Waals surface area contributed by atoms with Crippen LogP contribution < -0.4 is 9.46 Å². The van der Waals surface area contributed by atoms with Crippen molar-refractivity contribution in [2.45, 2.75) is 39.7 Å². The lowest BCUT2D eigenvalue weighted by Crippen LogP contribution is -2.45. The van der Waals surface area contributed by atoms with Gasteiger partial charge < -0.3 is 4.74 Å². The van der Waals surface area contributed by atoms with E-state index in [4.69, 9.17) is 4.74 Å². The molecule has 132 valence electrons. The van der Waals surface area contributed by atoms with Crippen molar-refractivity contribution in [3.63, 3.8) is 0 Å². The number of sulfonamides is 1. The lowest BCUT2D eigenvalue weighted by Gasteiger charge is -2.36. The molecule has 1 N–H and O–H groups in total. The van der Waals surface area contributed by atoms with Crippen LogP contribution in [0.2, 0.25) is 0 Å². The van der Waals surface area contributed by atoms with Crippen LogP contribution in [0.15, 0.2) is 24.3 Å². The number of rotatable bonds is 6. The number of hydrogen-bond acceptors (Lipinski definition) is 4. The van der Waals surface area contributed by atoms with Crippen molar-refractivity contribution in [1.82, 2.24) is 4.72 Å². The van der Waals surface area contributed by atoms with Gasteiger partial charge in [0.05, 0.1) is 12.9 Å². The van der Waals surface area contributed by atoms with Crippen LogP contribution in [0.3, 0.4) is 0 Å². The van der Waals surface area contributed by atoms with E-state index in [1.165, 1.54) is 0 Å². The Bertz CT molecular complexity index is 756. The third-order valence-corrected chi connectivity index (χ3v) is 7.71. The Balaban J connectivity index is 1.76. The quantitative estimate of drug-likeness (QED) is 0.855. The molecular weight excluding hydrogens is 326 g/mol. The van der Waals surface area contributed by atoms with Crippen molar-refractivity contribution in [1.29, 1.82) is 0 Å². The van der Waals surface area contributed by atoms with E-state index in [9.17, 15) is 13.2 Å². The number of nitrogens with one attached hydrogen (secondary N) is 1. The van der Waals surface area contributed by atoms with Crippen LogP contribution in [0.1, 0.15) is 38.7 Å². The average molecular weight is 351 g/mol. The molecule has 2 aliphatic carbocycles. The van der Waals surface area contributed by atoms with Gasteiger partial charge in [0.25, 0.3) is 0 Å². The molecule has 0 radical (unpaired) electrons. The molecule has 2 aliphatic rings. The van der Waals surface area contributed by atoms with Crippen LogP contribution in [-0.4, -0.2) is 27.1 Å². The smallest absolute Gasteiger partial charge is 0.212 e. The van der Waals surface area contributed by atoms with Crippen molar-refractivity contribution >= 4 is 15.8 Å². The highest BCUT2D eigenvalue weighted by Crippen LogP contribution is 2.64. The predicted molar refractivity (Wildman–Crippen MR) is 92.2 cm³/mol. The molecule has 1 aromatic rings. The summed E-state index contributed by atoms with van der Waals surface area (Å²) in [5.41, 5.74) is -0.199. The van der Waals surface area contributed by atoms with Gasteiger partial charge in [0, 0.05) is 23.9 Å². The summed E-state index contributed by atoms with van der Waals surface area (Å²) in [5, 5.41) is 0. The summed E-state index contributed by atoms with van der Waals surface area (Å²) in [6, 6.07) is 7.31. The van der Waals surface area contributed by atoms with Gasteiger partial charge in [-0.15, -0.1) is 0 Å². The summed E-state index contributed by atoms with van der Waals surface area (Å²) in [7, 11) is -2.00. The molecule has 0 aliphatic heterocycles. The average Bonchev–Trinajstić information content (AvgIpc) is 2.87. The maximum atomic E-state index is 12.7. The molecule has 3 rings (SSSR count). The minimum atomic E-state index is -3.56. The molecular formula is C18H25NO4S. The van der Waals surface area contributed by atoms with E-state index < -0.39 is 15.4 Å². The predicted octanol–water partition coefficient (Wildman–Crippen LogP) is 2.51. The van der Waals surface area contributed by atoms with E-state index in [1.54, 1.807) is 13.2 Å². The second-order valence-corrected chi connectivity index (χ2v) is 9.37. The highest BCUT2D eigenvalue weighted by Gasteiger charge is 2.65. The SMILES string of the molecule is COc1ccccc1CNS(=O)(=O)C[C@@]12CC[C@H](CC1=O)C2(C)C. The first-order valence-electron chi connectivity index (χ1n) is 8.34. The molecule has 2 bridgehead atoms. The molecule has 5 nitrogen and oxygen atoms in total. The Morgan fingerprint density at radius 2 is 2.00 bits per heavy atom. The first-order chi connectivity index (χ1) is 11.2. The van der Waals surface area contributed by atoms with Crippen molar-refractivity contribution < 1.29 is 17.9 Å². The fourth-order valence-corrected chi connectivity index (χ4v) is 6.32. The maximum Gasteiger partial charge on any atom is 0.212 e. The van der Waals surface area contributed by atoms with Gasteiger partial charge in [-0.3, -0.25) is 4.79 Å². The zero-order valence-corrected chi connectivity index (χ0v) is 15.3. The second-order valence-electron chi connectivity index (χ2n) is 7.56. The van der Waals surface area contributed by atoms with Crippen molar-refractivity contribution in [3.05, 3.63) is 29.8 Å². The zero-order valence-electron chi connectivity index (χ0n) is 14.5. The van der Waals surface area contributed by atoms with E-state index in [-0.39, 0.29) is 23.5 Å². The number of ketones is 1. The van der Waals surface area contributed by atoms with Gasteiger partial charge in [-0.1, -0.05) is 32.0 Å². The zero-order chi connectivity index (χ0) is 17.6. The van der Waals surface area contributed by atoms with E-state index in [0.717, 1.165) is 12.0 Å². The standard InChI is InChI=1S/C18H25NO4S/c1-17(2)14-8-9-18(17,16(20)10-14)12-24(21,22)19-11-13-6-4-5-7-15(13)23-3/h4-7,14,19H,8-12H2,1-3H3/t14-,18+/m1/s1. The van der Waals surface area contributed by atoms with Crippen LogP contribution in [0, 0.1) is 16.7 Å². The number of fused-ring (bicyclic) bond motifs is 2. The van der Waals surface area contributed by atoms with Crippen molar-refractivity contribution in [2.75, 3.05) is 12.9 Å². The van der Waals surface area contributed by atoms with Crippen LogP contribution >= 0.6 is 0 Å². The lowest BCUT2D eigenvalue weighted by molar-refractivity contribution is -0.128. The molecule has 2 fully saturated rings. The van der Waals surface area contributed by atoms with Crippen LogP contribution in [0.25, 0.3) is 0 Å². The Morgan fingerprint density at radius 3 is 2.58 bits per heavy atom. The van der Waals surface area contributed by atoms with Gasteiger partial charge in [0.15, 0.2) is 0 Å². The van der Waals surface area contributed by atoms with E-state index >= 15 is 0 Å². The van der Waals surface area contributed by atoms with Crippen LogP contribution in [0.4, 0.5) is 0 Å². The van der Waals surface area contributed by atoms with Gasteiger partial charge in [0.2, 0.25) is 10.0 Å². The molecule has 0 saturated heterocycles. The number of ether oxygens (including phenoxy) is 1. The van der Waals surface area contributed by atoms with Gasteiger partial charge in [-0.05, 0) is 30.2 Å². The molecule has 0 amide bonds. The van der Waals surface area contributed by atoms with E-state index in [1.807, 2.05) is 32.0 Å². The number of benzene rings is 1. The van der Waals surface area contributed by atoms with E-state index in [0.29, 0.717) is 24.5 Å². The highest BCUT2D eigenvalue weighted by molar-refractivity contribution is 7.89. The third kappa shape index (κ3) is 2.65. The largest absolute Gasteiger partial charge is 0.496 e. The molecule has 0 unspecified atom stereocenters. The first-order valence-corrected chi connectivity index (χ1v) is 10.00. The Kier molecular flexibility index (Phi) is 4.24. The van der Waals surface area contributed by atoms with Gasteiger partial charge in [-0.25, -0.2) is 13.1 Å². The van der Waals surface area contributed by atoms with Crippen molar-refractivity contribution in [2.24, 2.45) is 16.7 Å². The van der Waals surface area contributed by atoms with Gasteiger partial charge in [-0.2, -0.15) is 0 Å². The molecule has 0 heterocycles. The normalized spacial score (nSPS) is 28.3. The number of carbonyl (C=O) groups is 1. The Labute approximate surface area is 143 Å². The lowest BCUT2D eigenvalue weighted by atomic mass is 9.70. The molecule has 6 heteroatoms. The number of carbonyl (C=O) groups excluding carboxylic acids is 1. The minimum absolute atomic E-state index is 0.114. The highest BCUT2D eigenvalue weighted by atomic mass is 32.2. The fraction of sp³-hybridized carbons (Fsp3) is 0.611. The summed E-state index contributed by atoms with van der Waals surface area (Å²) in [5.74, 6) is 0.967. The summed E-state index contributed by atoms with van der Waals surface area (Å²) in [4.78, 5) is 12.5. The monoisotopic (exact) mass is 351 g/mol. The topological polar surface area (TPSA) is 72.5 Å². The van der Waals surface area contributed by atoms with Crippen LogP contribution in [-0.2, 0) is 21.4 Å².